The van der Waals surface area contributed by atoms with Crippen molar-refractivity contribution in [2.75, 3.05) is 0 Å². The first-order chi connectivity index (χ1) is 23.0. The van der Waals surface area contributed by atoms with Crippen LogP contribution in [0.2, 0.25) is 0 Å². The summed E-state index contributed by atoms with van der Waals surface area (Å²) in [5.41, 5.74) is 13.9. The molecule has 0 fully saturated rings. The first kappa shape index (κ1) is 27.4. The fraction of sp³-hybridized carbons (Fsp3) is 0.0682. The van der Waals surface area contributed by atoms with Crippen LogP contribution in [0.15, 0.2) is 152 Å². The van der Waals surface area contributed by atoms with Gasteiger partial charge >= 0.3 is 0 Å². The highest BCUT2D eigenvalue weighted by Crippen LogP contribution is 2.51. The fourth-order valence-corrected chi connectivity index (χ4v) is 7.42. The molecule has 3 nitrogen and oxygen atoms in total. The minimum absolute atomic E-state index is 0.168. The van der Waals surface area contributed by atoms with Crippen LogP contribution in [0, 0.1) is 0 Å². The van der Waals surface area contributed by atoms with Crippen molar-refractivity contribution in [1.82, 2.24) is 15.0 Å². The topological polar surface area (TPSA) is 38.7 Å². The van der Waals surface area contributed by atoms with Gasteiger partial charge in [0.25, 0.3) is 0 Å². The fourth-order valence-electron chi connectivity index (χ4n) is 7.42. The minimum atomic E-state index is -0.168. The lowest BCUT2D eigenvalue weighted by molar-refractivity contribution is 0.661. The summed E-state index contributed by atoms with van der Waals surface area (Å²) in [6.45, 7) is 4.72. The van der Waals surface area contributed by atoms with Gasteiger partial charge in [-0.1, -0.05) is 86.6 Å². The molecule has 1 aliphatic rings. The van der Waals surface area contributed by atoms with Crippen LogP contribution in [0.3, 0.4) is 0 Å². The minimum Gasteiger partial charge on any atom is -0.265 e. The number of benzene rings is 5. The molecule has 8 aromatic rings. The van der Waals surface area contributed by atoms with Crippen molar-refractivity contribution in [2.45, 2.75) is 19.3 Å². The van der Waals surface area contributed by atoms with Gasteiger partial charge in [-0.3, -0.25) is 9.97 Å². The average molecular weight is 602 g/mol. The average Bonchev–Trinajstić information content (AvgIpc) is 3.36. The third kappa shape index (κ3) is 4.46. The van der Waals surface area contributed by atoms with Crippen LogP contribution in [0.1, 0.15) is 25.0 Å². The van der Waals surface area contributed by atoms with Gasteiger partial charge in [-0.15, -0.1) is 0 Å². The number of pyridine rings is 3. The number of fused-ring (bicyclic) bond motifs is 6. The van der Waals surface area contributed by atoms with Gasteiger partial charge < -0.3 is 0 Å². The largest absolute Gasteiger partial charge is 0.265 e. The van der Waals surface area contributed by atoms with E-state index in [0.717, 1.165) is 28.1 Å². The molecule has 9 rings (SSSR count). The Balaban J connectivity index is 1.17. The Morgan fingerprint density at radius 1 is 0.404 bits per heavy atom. The van der Waals surface area contributed by atoms with Crippen molar-refractivity contribution in [3.8, 4) is 55.9 Å². The van der Waals surface area contributed by atoms with Crippen molar-refractivity contribution in [3.05, 3.63) is 163 Å². The van der Waals surface area contributed by atoms with Gasteiger partial charge in [0.2, 0.25) is 0 Å². The monoisotopic (exact) mass is 601 g/mol. The molecule has 0 amide bonds. The predicted octanol–water partition coefficient (Wildman–Crippen LogP) is 11.2. The van der Waals surface area contributed by atoms with Gasteiger partial charge in [0.15, 0.2) is 0 Å². The van der Waals surface area contributed by atoms with Crippen LogP contribution < -0.4 is 0 Å². The van der Waals surface area contributed by atoms with E-state index in [1.165, 1.54) is 60.5 Å². The molecule has 0 saturated carbocycles. The zero-order valence-corrected chi connectivity index (χ0v) is 26.3. The SMILES string of the molecule is CC1(C)c2cc(-c3cc(-c4ccncc4)nc(-c4ccncc4)c3)ccc2-c2ccc(-c3cc4ccccc4c4ccccc34)cc21. The number of nitrogens with zero attached hydrogens (tertiary/aromatic N) is 3. The van der Waals surface area contributed by atoms with Gasteiger partial charge in [-0.05, 0) is 121 Å². The molecule has 0 aliphatic heterocycles. The molecule has 0 bridgehead atoms. The maximum absolute atomic E-state index is 5.06. The summed E-state index contributed by atoms with van der Waals surface area (Å²) in [4.78, 5) is 13.5. The van der Waals surface area contributed by atoms with Crippen LogP contribution in [-0.2, 0) is 5.41 Å². The molecule has 0 spiro atoms. The van der Waals surface area contributed by atoms with E-state index < -0.39 is 0 Å². The Labute approximate surface area is 274 Å². The Hall–Kier alpha value is -5.93. The van der Waals surface area contributed by atoms with E-state index in [1.807, 2.05) is 49.1 Å². The molecule has 5 aromatic carbocycles. The highest BCUT2D eigenvalue weighted by Gasteiger charge is 2.36. The lowest BCUT2D eigenvalue weighted by Gasteiger charge is -2.23. The summed E-state index contributed by atoms with van der Waals surface area (Å²) in [7, 11) is 0. The van der Waals surface area contributed by atoms with E-state index in [2.05, 4.69) is 127 Å². The molecule has 3 heteroatoms. The van der Waals surface area contributed by atoms with Crippen LogP contribution in [0.4, 0.5) is 0 Å². The van der Waals surface area contributed by atoms with Crippen molar-refractivity contribution in [3.63, 3.8) is 0 Å². The summed E-state index contributed by atoms with van der Waals surface area (Å²) in [5, 5.41) is 5.14. The van der Waals surface area contributed by atoms with E-state index in [9.17, 15) is 0 Å². The predicted molar refractivity (Wildman–Crippen MR) is 194 cm³/mol. The summed E-state index contributed by atoms with van der Waals surface area (Å²) in [6.07, 6.45) is 7.28. The Bertz CT molecular complexity index is 2420. The standard InChI is InChI=1S/C44H31N3/c1-44(2)40-24-30(33-26-42(28-15-19-45-20-16-28)47-43(27-33)29-17-21-46-22-18-29)11-13-37(40)38-14-12-32(25-41(38)44)39-23-31-7-3-4-8-34(31)35-9-5-6-10-36(35)39/h3-27H,1-2H3. The molecule has 222 valence electrons. The molecule has 47 heavy (non-hydrogen) atoms. The zero-order valence-electron chi connectivity index (χ0n) is 26.3. The molecule has 3 heterocycles. The Kier molecular flexibility index (Phi) is 6.16. The smallest absolute Gasteiger partial charge is 0.0716 e. The van der Waals surface area contributed by atoms with E-state index in [-0.39, 0.29) is 5.41 Å². The van der Waals surface area contributed by atoms with Crippen LogP contribution >= 0.6 is 0 Å². The third-order valence-electron chi connectivity index (χ3n) is 9.87. The van der Waals surface area contributed by atoms with Gasteiger partial charge in [-0.2, -0.15) is 0 Å². The van der Waals surface area contributed by atoms with Gasteiger partial charge in [0.1, 0.15) is 0 Å². The first-order valence-electron chi connectivity index (χ1n) is 16.1. The van der Waals surface area contributed by atoms with Gasteiger partial charge in [-0.25, -0.2) is 4.98 Å². The maximum Gasteiger partial charge on any atom is 0.0716 e. The number of rotatable bonds is 4. The Morgan fingerprint density at radius 2 is 0.936 bits per heavy atom. The highest BCUT2D eigenvalue weighted by molar-refractivity contribution is 6.13. The second-order valence-electron chi connectivity index (χ2n) is 12.9. The second-order valence-corrected chi connectivity index (χ2v) is 12.9. The number of hydrogen-bond donors (Lipinski definition) is 0. The Morgan fingerprint density at radius 3 is 1.57 bits per heavy atom. The van der Waals surface area contributed by atoms with Crippen LogP contribution in [0.25, 0.3) is 77.4 Å². The van der Waals surface area contributed by atoms with Crippen LogP contribution in [-0.4, -0.2) is 15.0 Å². The van der Waals surface area contributed by atoms with Crippen molar-refractivity contribution < 1.29 is 0 Å². The molecular formula is C44H31N3. The quantitative estimate of drug-likeness (QED) is 0.188. The van der Waals surface area contributed by atoms with E-state index >= 15 is 0 Å². The lowest BCUT2D eigenvalue weighted by Crippen LogP contribution is -2.15. The molecule has 0 radical (unpaired) electrons. The maximum atomic E-state index is 5.06. The molecule has 0 atom stereocenters. The molecule has 1 aliphatic carbocycles. The highest BCUT2D eigenvalue weighted by atomic mass is 14.7. The second kappa shape index (κ2) is 10.6. The summed E-state index contributed by atoms with van der Waals surface area (Å²) in [6, 6.07) is 46.3. The molecule has 0 saturated heterocycles. The van der Waals surface area contributed by atoms with Crippen molar-refractivity contribution in [2.24, 2.45) is 0 Å². The van der Waals surface area contributed by atoms with Crippen molar-refractivity contribution in [1.29, 1.82) is 0 Å². The third-order valence-corrected chi connectivity index (χ3v) is 9.87. The van der Waals surface area contributed by atoms with E-state index in [0.29, 0.717) is 0 Å². The van der Waals surface area contributed by atoms with Crippen molar-refractivity contribution >= 4 is 21.5 Å². The van der Waals surface area contributed by atoms with E-state index in [1.54, 1.807) is 0 Å². The van der Waals surface area contributed by atoms with Gasteiger partial charge in [0.05, 0.1) is 11.4 Å². The summed E-state index contributed by atoms with van der Waals surface area (Å²) in [5.74, 6) is 0. The first-order valence-corrected chi connectivity index (χ1v) is 16.1. The lowest BCUT2D eigenvalue weighted by atomic mass is 9.80. The molecular weight excluding hydrogens is 571 g/mol. The summed E-state index contributed by atoms with van der Waals surface area (Å²) >= 11 is 0. The van der Waals surface area contributed by atoms with E-state index in [4.69, 9.17) is 4.98 Å². The number of aromatic nitrogens is 3. The van der Waals surface area contributed by atoms with Gasteiger partial charge in [0, 0.05) is 41.3 Å². The van der Waals surface area contributed by atoms with Crippen LogP contribution in [0.5, 0.6) is 0 Å². The molecule has 0 N–H and O–H groups in total. The molecule has 0 unspecified atom stereocenters. The zero-order chi connectivity index (χ0) is 31.5. The summed E-state index contributed by atoms with van der Waals surface area (Å²) < 4.78 is 0. The molecule has 3 aromatic heterocycles. The normalized spacial score (nSPS) is 13.1. The number of hydrogen-bond acceptors (Lipinski definition) is 3.